The summed E-state index contributed by atoms with van der Waals surface area (Å²) in [6.07, 6.45) is -0.212. The van der Waals surface area contributed by atoms with Crippen LogP contribution in [0.25, 0.3) is 5.57 Å². The molecule has 3 aromatic carbocycles. The topological polar surface area (TPSA) is 96.9 Å². The Kier molecular flexibility index (Phi) is 8.70. The highest BCUT2D eigenvalue weighted by atomic mass is 19.4. The van der Waals surface area contributed by atoms with E-state index in [0.717, 1.165) is 24.1 Å². The van der Waals surface area contributed by atoms with Crippen molar-refractivity contribution < 1.29 is 37.3 Å². The number of benzene rings is 3. The number of hydrogen-bond donors (Lipinski definition) is 3. The van der Waals surface area contributed by atoms with Crippen molar-refractivity contribution in [2.45, 2.75) is 32.0 Å². The van der Waals surface area contributed by atoms with E-state index >= 15 is 0 Å². The fourth-order valence-corrected chi connectivity index (χ4v) is 4.89. The van der Waals surface area contributed by atoms with Crippen LogP contribution in [0.3, 0.4) is 0 Å². The minimum Gasteiger partial charge on any atom is -0.493 e. The number of hydrogen-bond acceptors (Lipinski definition) is 5. The summed E-state index contributed by atoms with van der Waals surface area (Å²) >= 11 is 0. The highest BCUT2D eigenvalue weighted by Crippen LogP contribution is 2.34. The third kappa shape index (κ3) is 6.98. The number of amides is 2. The fourth-order valence-electron chi connectivity index (χ4n) is 4.89. The number of carbonyl (C=O) groups is 2. The van der Waals surface area contributed by atoms with E-state index in [4.69, 9.17) is 9.47 Å². The predicted octanol–water partition coefficient (Wildman–Crippen LogP) is 5.99. The lowest BCUT2D eigenvalue weighted by Gasteiger charge is -2.40. The number of halogens is 3. The maximum Gasteiger partial charge on any atom is 0.416 e. The van der Waals surface area contributed by atoms with Gasteiger partial charge in [-0.2, -0.15) is 13.2 Å². The third-order valence-electron chi connectivity index (χ3n) is 7.70. The molecule has 0 saturated carbocycles. The van der Waals surface area contributed by atoms with Gasteiger partial charge in [0.15, 0.2) is 0 Å². The van der Waals surface area contributed by atoms with Gasteiger partial charge in [0.2, 0.25) is 5.91 Å². The summed E-state index contributed by atoms with van der Waals surface area (Å²) in [5.41, 5.74) is 2.68. The monoisotopic (exact) mass is 592 g/mol. The summed E-state index contributed by atoms with van der Waals surface area (Å²) in [5, 5.41) is 15.3. The molecule has 2 heterocycles. The Hall–Kier alpha value is -4.41. The number of anilines is 2. The van der Waals surface area contributed by atoms with Crippen LogP contribution in [-0.2, 0) is 26.9 Å². The van der Waals surface area contributed by atoms with Crippen molar-refractivity contribution >= 4 is 28.8 Å². The first-order valence-corrected chi connectivity index (χ1v) is 13.9. The molecule has 2 amide bonds. The zero-order valence-electron chi connectivity index (χ0n) is 23.4. The fraction of sp³-hybridized carbons (Fsp3) is 0.273. The summed E-state index contributed by atoms with van der Waals surface area (Å²) < 4.78 is 50.9. The van der Waals surface area contributed by atoms with E-state index in [-0.39, 0.29) is 11.8 Å². The zero-order valence-corrected chi connectivity index (χ0v) is 23.4. The molecule has 3 N–H and O–H groups in total. The Morgan fingerprint density at radius 1 is 1.09 bits per heavy atom. The number of fused-ring (bicyclic) bond motifs is 1. The molecule has 2 aliphatic rings. The van der Waals surface area contributed by atoms with Crippen molar-refractivity contribution in [2.24, 2.45) is 5.41 Å². The van der Waals surface area contributed by atoms with Crippen LogP contribution in [0.4, 0.5) is 24.5 Å². The van der Waals surface area contributed by atoms with Crippen molar-refractivity contribution in [1.29, 1.82) is 0 Å². The molecular weight excluding hydrogens is 561 g/mol. The molecule has 1 fully saturated rings. The second kappa shape index (κ2) is 12.4. The lowest BCUT2D eigenvalue weighted by atomic mass is 9.84. The van der Waals surface area contributed by atoms with E-state index in [9.17, 15) is 27.9 Å². The molecule has 43 heavy (non-hydrogen) atoms. The maximum absolute atomic E-state index is 13.2. The van der Waals surface area contributed by atoms with Crippen molar-refractivity contribution in [3.63, 3.8) is 0 Å². The summed E-state index contributed by atoms with van der Waals surface area (Å²) in [5.74, 6) is -0.303. The summed E-state index contributed by atoms with van der Waals surface area (Å²) in [4.78, 5) is 24.6. The quantitative estimate of drug-likeness (QED) is 0.210. The number of alkyl halides is 3. The van der Waals surface area contributed by atoms with Crippen molar-refractivity contribution in [3.05, 3.63) is 107 Å². The number of carbonyl (C=O) groups excluding carboxylic acids is 2. The van der Waals surface area contributed by atoms with Gasteiger partial charge in [-0.05, 0) is 59.5 Å². The molecule has 0 aliphatic carbocycles. The summed E-state index contributed by atoms with van der Waals surface area (Å²) in [6, 6.07) is 17.1. The van der Waals surface area contributed by atoms with Crippen LogP contribution < -0.4 is 15.4 Å². The normalized spacial score (nSPS) is 18.0. The van der Waals surface area contributed by atoms with Gasteiger partial charge < -0.3 is 25.2 Å². The number of ether oxygens (including phenoxy) is 2. The molecule has 5 rings (SSSR count). The van der Waals surface area contributed by atoms with E-state index in [1.807, 2.05) is 12.1 Å². The highest BCUT2D eigenvalue weighted by Gasteiger charge is 2.37. The maximum atomic E-state index is 13.2. The van der Waals surface area contributed by atoms with Gasteiger partial charge in [-0.1, -0.05) is 49.4 Å². The SMILES string of the molecule is CCC1(COc2ccc(/C(=C/C=C/C(=O)Nc3cccc4c3CC(O)C(=O)N4)c3ccc(C(F)(F)F)cc3)cc2)COC1. The van der Waals surface area contributed by atoms with Gasteiger partial charge in [0, 0.05) is 29.4 Å². The molecule has 1 saturated heterocycles. The number of rotatable bonds is 9. The third-order valence-corrected chi connectivity index (χ3v) is 7.70. The van der Waals surface area contributed by atoms with E-state index in [0.29, 0.717) is 53.6 Å². The van der Waals surface area contributed by atoms with E-state index in [1.165, 1.54) is 24.3 Å². The Morgan fingerprint density at radius 2 is 1.77 bits per heavy atom. The molecule has 1 unspecified atom stereocenters. The van der Waals surface area contributed by atoms with Gasteiger partial charge in [-0.3, -0.25) is 9.59 Å². The lowest BCUT2D eigenvalue weighted by molar-refractivity contribution is -0.137. The molecule has 224 valence electrons. The number of allylic oxidation sites excluding steroid dienone is 2. The van der Waals surface area contributed by atoms with Crippen molar-refractivity contribution in [1.82, 2.24) is 0 Å². The standard InChI is InChI=1S/C33H31F3N2O5/c1-2-32(18-42-19-32)20-43-24-15-11-22(12-16-24)25(21-9-13-23(14-10-21)33(34,35)36)5-3-8-30(40)37-27-6-4-7-28-26(27)17-29(39)31(41)38-28/h3-16,29,39H,2,17-20H2,1H3,(H,37,40)(H,38,41)/b8-3+,25-5+. The zero-order chi connectivity index (χ0) is 30.6. The average molecular weight is 593 g/mol. The molecule has 7 nitrogen and oxygen atoms in total. The van der Waals surface area contributed by atoms with Crippen LogP contribution in [-0.4, -0.2) is 42.8 Å². The molecule has 2 aliphatic heterocycles. The number of aliphatic hydroxyl groups is 1. The first-order chi connectivity index (χ1) is 20.6. The van der Waals surface area contributed by atoms with Crippen LogP contribution >= 0.6 is 0 Å². The molecule has 0 aromatic heterocycles. The first-order valence-electron chi connectivity index (χ1n) is 13.9. The molecule has 0 radical (unpaired) electrons. The number of aliphatic hydroxyl groups excluding tert-OH is 1. The van der Waals surface area contributed by atoms with Crippen molar-refractivity contribution in [2.75, 3.05) is 30.5 Å². The first kappa shape index (κ1) is 30.1. The summed E-state index contributed by atoms with van der Waals surface area (Å²) in [7, 11) is 0. The van der Waals surface area contributed by atoms with Gasteiger partial charge in [-0.15, -0.1) is 0 Å². The van der Waals surface area contributed by atoms with Crippen LogP contribution in [0.15, 0.2) is 85.0 Å². The second-order valence-corrected chi connectivity index (χ2v) is 10.7. The van der Waals surface area contributed by atoms with Gasteiger partial charge in [0.05, 0.1) is 30.8 Å². The Balaban J connectivity index is 1.36. The minimum atomic E-state index is -4.46. The molecule has 1 atom stereocenters. The lowest BCUT2D eigenvalue weighted by Crippen LogP contribution is -2.46. The molecule has 10 heteroatoms. The Morgan fingerprint density at radius 3 is 2.37 bits per heavy atom. The van der Waals surface area contributed by atoms with E-state index in [1.54, 1.807) is 36.4 Å². The van der Waals surface area contributed by atoms with Crippen molar-refractivity contribution in [3.8, 4) is 5.75 Å². The Labute approximate surface area is 247 Å². The molecule has 0 bridgehead atoms. The Bertz CT molecular complexity index is 1540. The van der Waals surface area contributed by atoms with Gasteiger partial charge in [0.1, 0.15) is 11.9 Å². The summed E-state index contributed by atoms with van der Waals surface area (Å²) in [6.45, 7) is 3.95. The molecule has 3 aromatic rings. The van der Waals surface area contributed by atoms with Crippen LogP contribution in [0.5, 0.6) is 5.75 Å². The van der Waals surface area contributed by atoms with Gasteiger partial charge in [0.25, 0.3) is 5.91 Å². The van der Waals surface area contributed by atoms with Crippen LogP contribution in [0.1, 0.15) is 35.6 Å². The molecular formula is C33H31F3N2O5. The smallest absolute Gasteiger partial charge is 0.416 e. The van der Waals surface area contributed by atoms with Gasteiger partial charge >= 0.3 is 6.18 Å². The minimum absolute atomic E-state index is 0.0160. The second-order valence-electron chi connectivity index (χ2n) is 10.7. The molecule has 0 spiro atoms. The van der Waals surface area contributed by atoms with Crippen LogP contribution in [0.2, 0.25) is 0 Å². The predicted molar refractivity (Wildman–Crippen MR) is 157 cm³/mol. The van der Waals surface area contributed by atoms with Crippen LogP contribution in [0, 0.1) is 5.41 Å². The highest BCUT2D eigenvalue weighted by molar-refractivity contribution is 6.03. The van der Waals surface area contributed by atoms with E-state index < -0.39 is 29.7 Å². The van der Waals surface area contributed by atoms with Gasteiger partial charge in [-0.25, -0.2) is 0 Å². The van der Waals surface area contributed by atoms with E-state index in [2.05, 4.69) is 17.6 Å². The number of nitrogens with one attached hydrogen (secondary N) is 2. The largest absolute Gasteiger partial charge is 0.493 e. The average Bonchev–Trinajstić information content (AvgIpc) is 2.96.